The number of hydrogen-bond acceptors (Lipinski definition) is 8. The van der Waals surface area contributed by atoms with Crippen molar-refractivity contribution in [3.63, 3.8) is 0 Å². The summed E-state index contributed by atoms with van der Waals surface area (Å²) in [5.74, 6) is -2.08. The van der Waals surface area contributed by atoms with Gasteiger partial charge in [0.1, 0.15) is 6.10 Å². The fourth-order valence-electron chi connectivity index (χ4n) is 6.70. The van der Waals surface area contributed by atoms with Crippen LogP contribution in [0.4, 0.5) is 0 Å². The van der Waals surface area contributed by atoms with E-state index in [9.17, 15) is 19.5 Å². The van der Waals surface area contributed by atoms with Gasteiger partial charge in [-0.05, 0) is 54.7 Å². The van der Waals surface area contributed by atoms with Gasteiger partial charge in [0, 0.05) is 19.4 Å². The molecule has 0 radical (unpaired) electrons. The van der Waals surface area contributed by atoms with Crippen molar-refractivity contribution in [3.8, 4) is 0 Å². The molecule has 4 rings (SSSR count). The Balaban J connectivity index is 1.87. The van der Waals surface area contributed by atoms with E-state index < -0.39 is 59.4 Å². The molecule has 1 aromatic carbocycles. The van der Waals surface area contributed by atoms with E-state index in [-0.39, 0.29) is 5.92 Å². The Bertz CT molecular complexity index is 1160. The maximum Gasteiger partial charge on any atom is 0.338 e. The van der Waals surface area contributed by atoms with Crippen LogP contribution in [-0.4, -0.2) is 47.8 Å². The Morgan fingerprint density at radius 1 is 1.11 bits per heavy atom. The van der Waals surface area contributed by atoms with Crippen LogP contribution in [0, 0.1) is 22.7 Å². The highest BCUT2D eigenvalue weighted by Crippen LogP contribution is 2.67. The van der Waals surface area contributed by atoms with Crippen LogP contribution >= 0.6 is 0 Å². The lowest BCUT2D eigenvalue weighted by molar-refractivity contribution is -0.253. The highest BCUT2D eigenvalue weighted by Gasteiger charge is 2.71. The van der Waals surface area contributed by atoms with Gasteiger partial charge in [0.15, 0.2) is 0 Å². The van der Waals surface area contributed by atoms with Crippen LogP contribution in [0.1, 0.15) is 57.3 Å². The zero-order valence-electron chi connectivity index (χ0n) is 22.3. The largest absolute Gasteiger partial charge is 0.455 e. The van der Waals surface area contributed by atoms with Crippen molar-refractivity contribution in [1.29, 1.82) is 0 Å². The Labute approximate surface area is 223 Å². The molecular weight excluding hydrogens is 488 g/mol. The van der Waals surface area contributed by atoms with Gasteiger partial charge in [-0.15, -0.1) is 0 Å². The van der Waals surface area contributed by atoms with Crippen molar-refractivity contribution in [2.45, 2.75) is 71.7 Å². The Morgan fingerprint density at radius 3 is 2.37 bits per heavy atom. The highest BCUT2D eigenvalue weighted by molar-refractivity contribution is 5.89. The maximum absolute atomic E-state index is 13.0. The predicted molar refractivity (Wildman–Crippen MR) is 138 cm³/mol. The van der Waals surface area contributed by atoms with Gasteiger partial charge in [-0.2, -0.15) is 0 Å². The first-order chi connectivity index (χ1) is 17.9. The quantitative estimate of drug-likeness (QED) is 0.241. The number of hydrogen-bond donors (Lipinski definition) is 1. The summed E-state index contributed by atoms with van der Waals surface area (Å²) in [4.78, 5) is 37.3. The first-order valence-electron chi connectivity index (χ1n) is 12.9. The molecule has 2 aliphatic carbocycles. The van der Waals surface area contributed by atoms with E-state index in [4.69, 9.17) is 18.9 Å². The molecular formula is C30H36O8. The summed E-state index contributed by atoms with van der Waals surface area (Å²) >= 11 is 0. The maximum atomic E-state index is 13.0. The van der Waals surface area contributed by atoms with Crippen molar-refractivity contribution in [1.82, 2.24) is 0 Å². The number of aliphatic hydroxyl groups excluding tert-OH is 1. The van der Waals surface area contributed by atoms with E-state index in [0.29, 0.717) is 30.4 Å². The summed E-state index contributed by atoms with van der Waals surface area (Å²) in [5, 5.41) is 11.7. The normalized spacial score (nSPS) is 35.7. The van der Waals surface area contributed by atoms with Crippen molar-refractivity contribution >= 4 is 17.9 Å². The molecule has 8 unspecified atom stereocenters. The number of benzene rings is 1. The van der Waals surface area contributed by atoms with Gasteiger partial charge in [-0.1, -0.05) is 56.9 Å². The summed E-state index contributed by atoms with van der Waals surface area (Å²) in [5.41, 5.74) is -0.0480. The van der Waals surface area contributed by atoms with Crippen LogP contribution in [0.25, 0.3) is 0 Å². The molecule has 1 heterocycles. The van der Waals surface area contributed by atoms with Gasteiger partial charge in [-0.25, -0.2) is 4.79 Å². The number of carbonyl (C=O) groups excluding carboxylic acids is 3. The average Bonchev–Trinajstić information content (AvgIpc) is 3.15. The third kappa shape index (κ3) is 4.71. The van der Waals surface area contributed by atoms with Crippen LogP contribution in [0.15, 0.2) is 66.8 Å². The summed E-state index contributed by atoms with van der Waals surface area (Å²) in [6.07, 6.45) is 0.563. The number of ether oxygens (including phenoxy) is 4. The molecule has 3 aliphatic rings. The standard InChI is InChI=1S/C30H36O8/c1-7-17(2)16-29(6)18(3)13-25(33)30-23(27(35-19(4)31)38-28(30)36-20(5)32)14-22(15-24(29)30)37-26(34)21-11-9-8-10-12-21/h7-12,14,18,22,24-25,27-28,33H,1-2,13,15-16H2,3-6H3. The van der Waals surface area contributed by atoms with Crippen LogP contribution in [-0.2, 0) is 28.5 Å². The van der Waals surface area contributed by atoms with Crippen molar-refractivity contribution in [2.24, 2.45) is 22.7 Å². The monoisotopic (exact) mass is 524 g/mol. The van der Waals surface area contributed by atoms with E-state index >= 15 is 0 Å². The minimum absolute atomic E-state index is 0.0143. The lowest BCUT2D eigenvalue weighted by Gasteiger charge is -2.60. The zero-order valence-corrected chi connectivity index (χ0v) is 22.3. The Kier molecular flexibility index (Phi) is 7.68. The van der Waals surface area contributed by atoms with E-state index in [1.165, 1.54) is 13.8 Å². The number of rotatable bonds is 7. The number of esters is 3. The number of aliphatic hydroxyl groups is 1. The fourth-order valence-corrected chi connectivity index (χ4v) is 6.70. The average molecular weight is 525 g/mol. The second kappa shape index (κ2) is 10.5. The lowest BCUT2D eigenvalue weighted by Crippen LogP contribution is -2.63. The molecule has 1 aromatic rings. The molecule has 1 saturated carbocycles. The lowest BCUT2D eigenvalue weighted by atomic mass is 9.45. The number of carbonyl (C=O) groups is 3. The summed E-state index contributed by atoms with van der Waals surface area (Å²) in [6.45, 7) is 14.7. The Morgan fingerprint density at radius 2 is 1.76 bits per heavy atom. The molecule has 1 saturated heterocycles. The molecule has 0 bridgehead atoms. The van der Waals surface area contributed by atoms with Gasteiger partial charge in [0.2, 0.25) is 12.6 Å². The van der Waals surface area contributed by atoms with Gasteiger partial charge in [0.05, 0.1) is 17.1 Å². The second-order valence-corrected chi connectivity index (χ2v) is 10.9. The minimum atomic E-state index is -1.22. The molecule has 8 nitrogen and oxygen atoms in total. The first kappa shape index (κ1) is 27.8. The molecule has 38 heavy (non-hydrogen) atoms. The van der Waals surface area contributed by atoms with Crippen LogP contribution in [0.2, 0.25) is 0 Å². The van der Waals surface area contributed by atoms with Crippen LogP contribution < -0.4 is 0 Å². The topological polar surface area (TPSA) is 108 Å². The molecule has 1 aliphatic heterocycles. The van der Waals surface area contributed by atoms with Crippen molar-refractivity contribution in [3.05, 3.63) is 72.4 Å². The van der Waals surface area contributed by atoms with Crippen LogP contribution in [0.3, 0.4) is 0 Å². The summed E-state index contributed by atoms with van der Waals surface area (Å²) in [6, 6.07) is 8.66. The molecule has 204 valence electrons. The smallest absolute Gasteiger partial charge is 0.338 e. The zero-order chi connectivity index (χ0) is 27.8. The van der Waals surface area contributed by atoms with Crippen molar-refractivity contribution < 1.29 is 38.4 Å². The van der Waals surface area contributed by atoms with E-state index in [2.05, 4.69) is 27.0 Å². The van der Waals surface area contributed by atoms with E-state index in [0.717, 1.165) is 5.57 Å². The molecule has 0 amide bonds. The summed E-state index contributed by atoms with van der Waals surface area (Å²) in [7, 11) is 0. The van der Waals surface area contributed by atoms with E-state index in [1.807, 2.05) is 6.07 Å². The van der Waals surface area contributed by atoms with Gasteiger partial charge < -0.3 is 19.3 Å². The first-order valence-corrected chi connectivity index (χ1v) is 12.9. The summed E-state index contributed by atoms with van der Waals surface area (Å²) < 4.78 is 23.2. The SMILES string of the molecule is C=CC(=C)CC1(C)C(C)CC(O)C23C(=CC(OC(=O)c4ccccc4)CC12)C(OC(C)=O)OC3OC(C)=O. The third-order valence-electron chi connectivity index (χ3n) is 8.56. The van der Waals surface area contributed by atoms with Gasteiger partial charge in [0.25, 0.3) is 0 Å². The Hall–Kier alpha value is -3.23. The molecule has 8 heteroatoms. The third-order valence-corrected chi connectivity index (χ3v) is 8.56. The fraction of sp³-hybridized carbons (Fsp3) is 0.500. The molecule has 1 N–H and O–H groups in total. The van der Waals surface area contributed by atoms with E-state index in [1.54, 1.807) is 36.4 Å². The predicted octanol–water partition coefficient (Wildman–Crippen LogP) is 4.49. The van der Waals surface area contributed by atoms with Gasteiger partial charge >= 0.3 is 17.9 Å². The highest BCUT2D eigenvalue weighted by atomic mass is 16.8. The molecule has 1 spiro atoms. The molecule has 0 aromatic heterocycles. The van der Waals surface area contributed by atoms with Crippen molar-refractivity contribution in [2.75, 3.05) is 0 Å². The number of allylic oxidation sites excluding steroid dienone is 2. The minimum Gasteiger partial charge on any atom is -0.455 e. The van der Waals surface area contributed by atoms with Crippen LogP contribution in [0.5, 0.6) is 0 Å². The molecule has 2 fully saturated rings. The molecule has 8 atom stereocenters. The van der Waals surface area contributed by atoms with Gasteiger partial charge in [-0.3, -0.25) is 14.3 Å². The second-order valence-electron chi connectivity index (χ2n) is 10.9.